The summed E-state index contributed by atoms with van der Waals surface area (Å²) in [6.45, 7) is 5.79. The van der Waals surface area contributed by atoms with Crippen LogP contribution in [0.1, 0.15) is 10.4 Å². The van der Waals surface area contributed by atoms with Crippen LogP contribution in [0.3, 0.4) is 0 Å². The van der Waals surface area contributed by atoms with Crippen molar-refractivity contribution in [1.29, 1.82) is 0 Å². The van der Waals surface area contributed by atoms with Crippen LogP contribution in [0.2, 0.25) is 0 Å². The molecule has 1 heterocycles. The maximum absolute atomic E-state index is 11.6. The zero-order valence-corrected chi connectivity index (χ0v) is 12.0. The molecule has 0 unspecified atom stereocenters. The fourth-order valence-corrected chi connectivity index (χ4v) is 2.13. The molecule has 2 rings (SSSR count). The summed E-state index contributed by atoms with van der Waals surface area (Å²) < 4.78 is 5.37. The molecule has 2 aromatic rings. The molecule has 5 heteroatoms. The number of carbonyl (C=O) groups is 1. The van der Waals surface area contributed by atoms with E-state index >= 15 is 0 Å². The number of ether oxygens (including phenoxy) is 1. The Morgan fingerprint density at radius 3 is 2.65 bits per heavy atom. The third-order valence-electron chi connectivity index (χ3n) is 2.56. The highest BCUT2D eigenvalue weighted by atomic mass is 32.1. The lowest BCUT2D eigenvalue weighted by atomic mass is 10.2. The van der Waals surface area contributed by atoms with Gasteiger partial charge in [-0.05, 0) is 30.5 Å². The number of nitrogens with one attached hydrogen (secondary N) is 2. The molecule has 1 aromatic heterocycles. The molecule has 4 nitrogen and oxygen atoms in total. The van der Waals surface area contributed by atoms with Gasteiger partial charge in [-0.2, -0.15) is 0 Å². The number of hydrogen-bond acceptors (Lipinski definition) is 4. The van der Waals surface area contributed by atoms with Crippen molar-refractivity contribution in [3.63, 3.8) is 0 Å². The van der Waals surface area contributed by atoms with Crippen molar-refractivity contribution in [2.75, 3.05) is 6.61 Å². The summed E-state index contributed by atoms with van der Waals surface area (Å²) in [6.07, 6.45) is 0. The lowest BCUT2D eigenvalue weighted by Gasteiger charge is -2.10. The molecule has 0 spiro atoms. The summed E-state index contributed by atoms with van der Waals surface area (Å²) in [6, 6.07) is 11.4. The number of thiophene rings is 1. The number of carbonyl (C=O) groups excluding carboxylic acids is 1. The molecule has 0 radical (unpaired) electrons. The van der Waals surface area contributed by atoms with Crippen LogP contribution in [0.4, 0.5) is 0 Å². The Kier molecular flexibility index (Phi) is 4.79. The molecule has 0 aliphatic rings. The van der Waals surface area contributed by atoms with E-state index in [-0.39, 0.29) is 12.5 Å². The van der Waals surface area contributed by atoms with Gasteiger partial charge in [0.25, 0.3) is 5.91 Å². The molecule has 0 atom stereocenters. The van der Waals surface area contributed by atoms with Crippen molar-refractivity contribution < 1.29 is 9.53 Å². The molecule has 0 saturated heterocycles. The van der Waals surface area contributed by atoms with E-state index < -0.39 is 0 Å². The van der Waals surface area contributed by atoms with Crippen LogP contribution in [-0.2, 0) is 4.79 Å². The Balaban J connectivity index is 1.73. The molecule has 1 aromatic carbocycles. The molecule has 0 aliphatic heterocycles. The number of hydrogen-bond donors (Lipinski definition) is 2. The molecule has 2 N–H and O–H groups in total. The van der Waals surface area contributed by atoms with E-state index in [9.17, 15) is 4.79 Å². The molecular formula is C15H16N2O2S. The summed E-state index contributed by atoms with van der Waals surface area (Å²) in [7, 11) is 0. The second-order valence-corrected chi connectivity index (χ2v) is 5.18. The van der Waals surface area contributed by atoms with E-state index in [4.69, 9.17) is 4.74 Å². The van der Waals surface area contributed by atoms with Crippen molar-refractivity contribution >= 4 is 22.9 Å². The standard InChI is InChI=1S/C15H16N2O2S/c1-11-5-7-13(8-6-11)19-10-15(18)17-16-12(2)14-4-3-9-20-14/h3-9,16H,2,10H2,1H3,(H,17,18). The highest BCUT2D eigenvalue weighted by Crippen LogP contribution is 2.15. The van der Waals surface area contributed by atoms with Crippen LogP contribution < -0.4 is 15.6 Å². The van der Waals surface area contributed by atoms with E-state index in [1.807, 2.05) is 48.7 Å². The first-order valence-electron chi connectivity index (χ1n) is 6.12. The van der Waals surface area contributed by atoms with Crippen molar-refractivity contribution in [3.8, 4) is 5.75 Å². The molecule has 1 amide bonds. The maximum atomic E-state index is 11.6. The normalized spacial score (nSPS) is 9.85. The first kappa shape index (κ1) is 14.1. The number of rotatable bonds is 6. The van der Waals surface area contributed by atoms with Gasteiger partial charge in [0.1, 0.15) is 5.75 Å². The fourth-order valence-electron chi connectivity index (χ4n) is 1.48. The highest BCUT2D eigenvalue weighted by Gasteiger charge is 2.04. The van der Waals surface area contributed by atoms with E-state index in [0.717, 1.165) is 10.4 Å². The van der Waals surface area contributed by atoms with Gasteiger partial charge in [0.15, 0.2) is 6.61 Å². The number of amides is 1. The topological polar surface area (TPSA) is 50.4 Å². The fraction of sp³-hybridized carbons (Fsp3) is 0.133. The van der Waals surface area contributed by atoms with Gasteiger partial charge in [-0.25, -0.2) is 0 Å². The largest absolute Gasteiger partial charge is 0.484 e. The van der Waals surface area contributed by atoms with Gasteiger partial charge in [0.2, 0.25) is 0 Å². The maximum Gasteiger partial charge on any atom is 0.276 e. The summed E-state index contributed by atoms with van der Waals surface area (Å²) >= 11 is 1.55. The van der Waals surface area contributed by atoms with Gasteiger partial charge >= 0.3 is 0 Å². The Morgan fingerprint density at radius 2 is 2.00 bits per heavy atom. The van der Waals surface area contributed by atoms with Gasteiger partial charge in [-0.3, -0.25) is 15.6 Å². The third-order valence-corrected chi connectivity index (χ3v) is 3.49. The van der Waals surface area contributed by atoms with Crippen LogP contribution in [0.5, 0.6) is 5.75 Å². The minimum Gasteiger partial charge on any atom is -0.484 e. The van der Waals surface area contributed by atoms with Gasteiger partial charge in [-0.1, -0.05) is 30.3 Å². The van der Waals surface area contributed by atoms with E-state index in [0.29, 0.717) is 11.4 Å². The minimum atomic E-state index is -0.261. The first-order valence-corrected chi connectivity index (χ1v) is 7.00. The second-order valence-electron chi connectivity index (χ2n) is 4.23. The number of hydrazine groups is 1. The van der Waals surface area contributed by atoms with Gasteiger partial charge < -0.3 is 4.74 Å². The van der Waals surface area contributed by atoms with Crippen LogP contribution in [-0.4, -0.2) is 12.5 Å². The quantitative estimate of drug-likeness (QED) is 0.804. The molecule has 20 heavy (non-hydrogen) atoms. The van der Waals surface area contributed by atoms with Gasteiger partial charge in [0.05, 0.1) is 10.6 Å². The van der Waals surface area contributed by atoms with E-state index in [1.54, 1.807) is 11.3 Å². The molecule has 104 valence electrons. The van der Waals surface area contributed by atoms with E-state index in [2.05, 4.69) is 17.4 Å². The second kappa shape index (κ2) is 6.77. The summed E-state index contributed by atoms with van der Waals surface area (Å²) in [5.41, 5.74) is 7.12. The Hall–Kier alpha value is -2.27. The smallest absolute Gasteiger partial charge is 0.276 e. The highest BCUT2D eigenvalue weighted by molar-refractivity contribution is 7.11. The van der Waals surface area contributed by atoms with Crippen molar-refractivity contribution in [2.45, 2.75) is 6.92 Å². The van der Waals surface area contributed by atoms with Crippen molar-refractivity contribution in [2.24, 2.45) is 0 Å². The van der Waals surface area contributed by atoms with Gasteiger partial charge in [0, 0.05) is 0 Å². The lowest BCUT2D eigenvalue weighted by Crippen LogP contribution is -2.38. The molecule has 0 aliphatic carbocycles. The zero-order chi connectivity index (χ0) is 14.4. The average molecular weight is 288 g/mol. The number of aryl methyl sites for hydroxylation is 1. The van der Waals surface area contributed by atoms with Crippen molar-refractivity contribution in [1.82, 2.24) is 10.9 Å². The molecule has 0 bridgehead atoms. The first-order chi connectivity index (χ1) is 9.65. The lowest BCUT2D eigenvalue weighted by molar-refractivity contribution is -0.123. The monoisotopic (exact) mass is 288 g/mol. The molecule has 0 fully saturated rings. The Bertz CT molecular complexity index is 576. The van der Waals surface area contributed by atoms with Gasteiger partial charge in [-0.15, -0.1) is 11.3 Å². The molecular weight excluding hydrogens is 272 g/mol. The van der Waals surface area contributed by atoms with E-state index in [1.165, 1.54) is 0 Å². The van der Waals surface area contributed by atoms with Crippen LogP contribution >= 0.6 is 11.3 Å². The van der Waals surface area contributed by atoms with Crippen LogP contribution in [0.15, 0.2) is 48.4 Å². The van der Waals surface area contributed by atoms with Crippen molar-refractivity contribution in [3.05, 3.63) is 58.8 Å². The van der Waals surface area contributed by atoms with Crippen LogP contribution in [0.25, 0.3) is 5.70 Å². The molecule has 0 saturated carbocycles. The average Bonchev–Trinajstić information content (AvgIpc) is 2.98. The Labute approximate surface area is 122 Å². The summed E-state index contributed by atoms with van der Waals surface area (Å²) in [5.74, 6) is 0.408. The predicted molar refractivity (Wildman–Crippen MR) is 81.3 cm³/mol. The van der Waals surface area contributed by atoms with Crippen LogP contribution in [0, 0.1) is 6.92 Å². The zero-order valence-electron chi connectivity index (χ0n) is 11.2. The Morgan fingerprint density at radius 1 is 1.25 bits per heavy atom. The number of benzene rings is 1. The minimum absolute atomic E-state index is 0.0478. The predicted octanol–water partition coefficient (Wildman–Crippen LogP) is 2.73. The SMILES string of the molecule is C=C(NNC(=O)COc1ccc(C)cc1)c1cccs1. The summed E-state index contributed by atoms with van der Waals surface area (Å²) in [5, 5.41) is 1.95. The summed E-state index contributed by atoms with van der Waals surface area (Å²) in [4.78, 5) is 12.6. The third kappa shape index (κ3) is 4.13.